The van der Waals surface area contributed by atoms with E-state index in [0.717, 1.165) is 31.6 Å². The lowest BCUT2D eigenvalue weighted by Gasteiger charge is -2.32. The average molecular weight is 353 g/mol. The van der Waals surface area contributed by atoms with Gasteiger partial charge in [-0.1, -0.05) is 30.3 Å². The Morgan fingerprint density at radius 1 is 1.19 bits per heavy atom. The highest BCUT2D eigenvalue weighted by Crippen LogP contribution is 2.20. The minimum atomic E-state index is -0.00797. The number of nitrogens with zero attached hydrogens (tertiary/aromatic N) is 3. The number of Topliss-reactive ketones (excluding diaryl/α,β-unsaturated/α-hetero) is 1. The summed E-state index contributed by atoms with van der Waals surface area (Å²) < 4.78 is 1.99. The second-order valence-electron chi connectivity index (χ2n) is 7.05. The van der Waals surface area contributed by atoms with E-state index in [1.54, 1.807) is 6.20 Å². The van der Waals surface area contributed by atoms with Gasteiger partial charge in [-0.05, 0) is 31.7 Å². The standard InChI is InChI=1S/C21H27N3O2/c1-17-22-12-15-23(17)14-11-21(26)24-13-5-8-19(16-24)20(25)10-9-18-6-3-2-4-7-18/h2-4,6-7,12,15,19H,5,8-11,13-14,16H2,1H3/t19-/m0/s1. The van der Waals surface area contributed by atoms with Crippen LogP contribution in [0.3, 0.4) is 0 Å². The second kappa shape index (κ2) is 8.79. The zero-order valence-corrected chi connectivity index (χ0v) is 15.4. The molecule has 1 atom stereocenters. The third-order valence-corrected chi connectivity index (χ3v) is 5.22. The van der Waals surface area contributed by atoms with Crippen LogP contribution in [0.25, 0.3) is 0 Å². The van der Waals surface area contributed by atoms with E-state index < -0.39 is 0 Å². The van der Waals surface area contributed by atoms with Gasteiger partial charge in [-0.2, -0.15) is 0 Å². The van der Waals surface area contributed by atoms with E-state index in [-0.39, 0.29) is 17.6 Å². The van der Waals surface area contributed by atoms with E-state index in [1.807, 2.05) is 40.8 Å². The van der Waals surface area contributed by atoms with E-state index >= 15 is 0 Å². The van der Waals surface area contributed by atoms with Gasteiger partial charge in [0.05, 0.1) is 0 Å². The first-order valence-electron chi connectivity index (χ1n) is 9.45. The van der Waals surface area contributed by atoms with E-state index in [1.165, 1.54) is 5.56 Å². The molecule has 1 saturated heterocycles. The van der Waals surface area contributed by atoms with E-state index in [2.05, 4.69) is 17.1 Å². The highest BCUT2D eigenvalue weighted by Gasteiger charge is 2.27. The lowest BCUT2D eigenvalue weighted by molar-refractivity contribution is -0.135. The summed E-state index contributed by atoms with van der Waals surface area (Å²) >= 11 is 0. The summed E-state index contributed by atoms with van der Waals surface area (Å²) in [5, 5.41) is 0. The molecular formula is C21H27N3O2. The predicted octanol–water partition coefficient (Wildman–Crippen LogP) is 3.02. The molecule has 0 spiro atoms. The van der Waals surface area contributed by atoms with Crippen molar-refractivity contribution in [1.29, 1.82) is 0 Å². The Labute approximate surface area is 155 Å². The quantitative estimate of drug-likeness (QED) is 0.769. The molecule has 138 valence electrons. The summed E-state index contributed by atoms with van der Waals surface area (Å²) in [7, 11) is 0. The number of rotatable bonds is 7. The van der Waals surface area contributed by atoms with Crippen LogP contribution < -0.4 is 0 Å². The van der Waals surface area contributed by atoms with Crippen LogP contribution in [0, 0.1) is 12.8 Å². The number of ketones is 1. The molecule has 5 heteroatoms. The number of benzene rings is 1. The fourth-order valence-electron chi connectivity index (χ4n) is 3.60. The number of carbonyl (C=O) groups excluding carboxylic acids is 2. The van der Waals surface area contributed by atoms with Crippen molar-refractivity contribution in [2.75, 3.05) is 13.1 Å². The predicted molar refractivity (Wildman–Crippen MR) is 101 cm³/mol. The van der Waals surface area contributed by atoms with Crippen molar-refractivity contribution in [1.82, 2.24) is 14.5 Å². The molecule has 5 nitrogen and oxygen atoms in total. The van der Waals surface area contributed by atoms with Crippen LogP contribution in [-0.2, 0) is 22.6 Å². The van der Waals surface area contributed by atoms with Gasteiger partial charge in [-0.15, -0.1) is 0 Å². The second-order valence-corrected chi connectivity index (χ2v) is 7.05. The zero-order chi connectivity index (χ0) is 18.4. The number of aryl methyl sites for hydroxylation is 3. The summed E-state index contributed by atoms with van der Waals surface area (Å²) in [5.74, 6) is 1.34. The van der Waals surface area contributed by atoms with Gasteiger partial charge in [0.2, 0.25) is 5.91 Å². The number of amides is 1. The van der Waals surface area contributed by atoms with E-state index in [0.29, 0.717) is 25.9 Å². The minimum absolute atomic E-state index is 0.00797. The molecule has 0 radical (unpaired) electrons. The minimum Gasteiger partial charge on any atom is -0.342 e. The Morgan fingerprint density at radius 3 is 2.73 bits per heavy atom. The van der Waals surface area contributed by atoms with Gasteiger partial charge >= 0.3 is 0 Å². The maximum absolute atomic E-state index is 12.6. The first-order chi connectivity index (χ1) is 12.6. The van der Waals surface area contributed by atoms with Crippen molar-refractivity contribution >= 4 is 11.7 Å². The molecule has 1 aromatic carbocycles. The SMILES string of the molecule is Cc1nccn1CCC(=O)N1CCC[C@H](C(=O)CCc2ccccc2)C1. The van der Waals surface area contributed by atoms with Gasteiger partial charge in [0.15, 0.2) is 0 Å². The molecular weight excluding hydrogens is 326 g/mol. The van der Waals surface area contributed by atoms with Gasteiger partial charge in [-0.25, -0.2) is 4.98 Å². The van der Waals surface area contributed by atoms with E-state index in [4.69, 9.17) is 0 Å². The van der Waals surface area contributed by atoms with Gasteiger partial charge in [0.25, 0.3) is 0 Å². The number of hydrogen-bond donors (Lipinski definition) is 0. The highest BCUT2D eigenvalue weighted by atomic mass is 16.2. The molecule has 1 fully saturated rings. The van der Waals surface area contributed by atoms with Crippen LogP contribution in [0.1, 0.15) is 37.1 Å². The topological polar surface area (TPSA) is 55.2 Å². The largest absolute Gasteiger partial charge is 0.342 e. The van der Waals surface area contributed by atoms with Crippen LogP contribution in [0.15, 0.2) is 42.7 Å². The van der Waals surface area contributed by atoms with Crippen LogP contribution in [0.2, 0.25) is 0 Å². The van der Waals surface area contributed by atoms with Crippen LogP contribution in [-0.4, -0.2) is 39.2 Å². The van der Waals surface area contributed by atoms with Crippen molar-refractivity contribution in [3.8, 4) is 0 Å². The third kappa shape index (κ3) is 4.81. The van der Waals surface area contributed by atoms with Gasteiger partial charge < -0.3 is 9.47 Å². The van der Waals surface area contributed by atoms with Gasteiger partial charge in [0.1, 0.15) is 11.6 Å². The molecule has 1 aliphatic heterocycles. The summed E-state index contributed by atoms with van der Waals surface area (Å²) in [6.45, 7) is 3.93. The molecule has 0 aliphatic carbocycles. The third-order valence-electron chi connectivity index (χ3n) is 5.22. The average Bonchev–Trinajstić information content (AvgIpc) is 3.10. The van der Waals surface area contributed by atoms with Crippen molar-refractivity contribution in [2.24, 2.45) is 5.92 Å². The van der Waals surface area contributed by atoms with Crippen LogP contribution >= 0.6 is 0 Å². The molecule has 2 aromatic rings. The smallest absolute Gasteiger partial charge is 0.224 e. The molecule has 0 unspecified atom stereocenters. The van der Waals surface area contributed by atoms with Crippen molar-refractivity contribution in [3.05, 3.63) is 54.1 Å². The van der Waals surface area contributed by atoms with Crippen LogP contribution in [0.4, 0.5) is 0 Å². The maximum Gasteiger partial charge on any atom is 0.224 e. The number of likely N-dealkylation sites (tertiary alicyclic amines) is 1. The molecule has 2 heterocycles. The molecule has 0 saturated carbocycles. The first kappa shape index (κ1) is 18.4. The molecule has 1 aliphatic rings. The maximum atomic E-state index is 12.6. The molecule has 26 heavy (non-hydrogen) atoms. The molecule has 3 rings (SSSR count). The molecule has 0 bridgehead atoms. The van der Waals surface area contributed by atoms with Crippen LogP contribution in [0.5, 0.6) is 0 Å². The molecule has 1 amide bonds. The Hall–Kier alpha value is -2.43. The fraction of sp³-hybridized carbons (Fsp3) is 0.476. The number of carbonyl (C=O) groups is 2. The lowest BCUT2D eigenvalue weighted by atomic mass is 9.90. The number of imidazole rings is 1. The summed E-state index contributed by atoms with van der Waals surface area (Å²) in [6.07, 6.45) is 7.27. The zero-order valence-electron chi connectivity index (χ0n) is 15.4. The Kier molecular flexibility index (Phi) is 6.21. The lowest BCUT2D eigenvalue weighted by Crippen LogP contribution is -2.42. The van der Waals surface area contributed by atoms with E-state index in [9.17, 15) is 9.59 Å². The monoisotopic (exact) mass is 353 g/mol. The Bertz CT molecular complexity index is 739. The molecule has 1 aromatic heterocycles. The summed E-state index contributed by atoms with van der Waals surface area (Å²) in [4.78, 5) is 31.2. The Morgan fingerprint density at radius 2 is 2.00 bits per heavy atom. The Balaban J connectivity index is 1.47. The summed E-state index contributed by atoms with van der Waals surface area (Å²) in [6, 6.07) is 10.1. The summed E-state index contributed by atoms with van der Waals surface area (Å²) in [5.41, 5.74) is 1.19. The van der Waals surface area contributed by atoms with Crippen molar-refractivity contribution < 1.29 is 9.59 Å². The highest BCUT2D eigenvalue weighted by molar-refractivity contribution is 5.83. The molecule has 0 N–H and O–H groups in total. The fourth-order valence-corrected chi connectivity index (χ4v) is 3.60. The number of piperidine rings is 1. The van der Waals surface area contributed by atoms with Crippen molar-refractivity contribution in [3.63, 3.8) is 0 Å². The number of aromatic nitrogens is 2. The normalized spacial score (nSPS) is 17.3. The van der Waals surface area contributed by atoms with Gasteiger partial charge in [0, 0.05) is 50.8 Å². The number of hydrogen-bond acceptors (Lipinski definition) is 3. The van der Waals surface area contributed by atoms with Crippen molar-refractivity contribution in [2.45, 2.75) is 45.6 Å². The van der Waals surface area contributed by atoms with Gasteiger partial charge in [-0.3, -0.25) is 9.59 Å². The first-order valence-corrected chi connectivity index (χ1v) is 9.45.